The number of rotatable bonds is 5. The molecule has 0 aliphatic carbocycles. The van der Waals surface area contributed by atoms with Crippen molar-refractivity contribution in [3.05, 3.63) is 89.6 Å². The molecule has 0 saturated heterocycles. The SMILES string of the molecule is Cc1ccc(CC(=O)Nc2cccc(-c3n[nH]cc3-c3nc4cc(C(C)(C)C)ccc4o3)c2)cc1. The van der Waals surface area contributed by atoms with E-state index < -0.39 is 0 Å². The average Bonchev–Trinajstić information content (AvgIpc) is 3.46. The summed E-state index contributed by atoms with van der Waals surface area (Å²) in [5.74, 6) is 0.436. The lowest BCUT2D eigenvalue weighted by atomic mass is 9.87. The Bertz CT molecular complexity index is 1500. The van der Waals surface area contributed by atoms with E-state index in [2.05, 4.69) is 48.4 Å². The lowest BCUT2D eigenvalue weighted by Crippen LogP contribution is -2.14. The maximum absolute atomic E-state index is 12.6. The summed E-state index contributed by atoms with van der Waals surface area (Å²) >= 11 is 0. The average molecular weight is 465 g/mol. The summed E-state index contributed by atoms with van der Waals surface area (Å²) in [6, 6.07) is 21.7. The van der Waals surface area contributed by atoms with Crippen LogP contribution in [0.25, 0.3) is 33.8 Å². The largest absolute Gasteiger partial charge is 0.436 e. The van der Waals surface area contributed by atoms with Gasteiger partial charge in [-0.05, 0) is 47.7 Å². The first kappa shape index (κ1) is 22.6. The summed E-state index contributed by atoms with van der Waals surface area (Å²) in [4.78, 5) is 17.3. The number of nitrogens with zero attached hydrogens (tertiary/aromatic N) is 2. The van der Waals surface area contributed by atoms with E-state index in [4.69, 9.17) is 9.40 Å². The Hall–Kier alpha value is -4.19. The first-order valence-electron chi connectivity index (χ1n) is 11.7. The van der Waals surface area contributed by atoms with Crippen LogP contribution in [-0.2, 0) is 16.6 Å². The molecular formula is C29H28N4O2. The van der Waals surface area contributed by atoms with Gasteiger partial charge >= 0.3 is 0 Å². The van der Waals surface area contributed by atoms with E-state index in [9.17, 15) is 4.79 Å². The number of aromatic nitrogens is 3. The Labute approximate surface area is 204 Å². The third-order valence-electron chi connectivity index (χ3n) is 6.03. The van der Waals surface area contributed by atoms with Crippen molar-refractivity contribution < 1.29 is 9.21 Å². The highest BCUT2D eigenvalue weighted by molar-refractivity contribution is 5.93. The highest BCUT2D eigenvalue weighted by Gasteiger charge is 2.19. The van der Waals surface area contributed by atoms with Crippen LogP contribution < -0.4 is 5.32 Å². The maximum atomic E-state index is 12.6. The molecule has 5 rings (SSSR count). The number of hydrogen-bond donors (Lipinski definition) is 2. The molecule has 0 unspecified atom stereocenters. The van der Waals surface area contributed by atoms with Crippen LogP contribution in [0.15, 0.2) is 77.3 Å². The number of amides is 1. The molecule has 3 aromatic carbocycles. The number of carbonyl (C=O) groups is 1. The second-order valence-corrected chi connectivity index (χ2v) is 9.89. The first-order valence-corrected chi connectivity index (χ1v) is 11.7. The number of H-pyrrole nitrogens is 1. The molecule has 2 heterocycles. The Balaban J connectivity index is 1.40. The number of hydrogen-bond acceptors (Lipinski definition) is 4. The predicted molar refractivity (Wildman–Crippen MR) is 139 cm³/mol. The van der Waals surface area contributed by atoms with Crippen LogP contribution in [0.1, 0.15) is 37.5 Å². The molecule has 0 aliphatic heterocycles. The van der Waals surface area contributed by atoms with E-state index in [0.717, 1.165) is 27.8 Å². The normalized spacial score (nSPS) is 11.7. The van der Waals surface area contributed by atoms with Crippen molar-refractivity contribution in [2.24, 2.45) is 0 Å². The molecule has 5 aromatic rings. The topological polar surface area (TPSA) is 83.8 Å². The molecule has 0 saturated carbocycles. The van der Waals surface area contributed by atoms with Gasteiger partial charge in [-0.15, -0.1) is 0 Å². The van der Waals surface area contributed by atoms with Crippen molar-refractivity contribution in [1.29, 1.82) is 0 Å². The van der Waals surface area contributed by atoms with Crippen molar-refractivity contribution in [1.82, 2.24) is 15.2 Å². The maximum Gasteiger partial charge on any atom is 0.231 e. The Kier molecular flexibility index (Phi) is 5.73. The fourth-order valence-corrected chi connectivity index (χ4v) is 4.02. The van der Waals surface area contributed by atoms with E-state index in [1.165, 1.54) is 11.1 Å². The minimum atomic E-state index is -0.0677. The van der Waals surface area contributed by atoms with Crippen LogP contribution in [0.2, 0.25) is 0 Å². The lowest BCUT2D eigenvalue weighted by molar-refractivity contribution is -0.115. The molecule has 2 N–H and O–H groups in total. The molecule has 0 radical (unpaired) electrons. The number of fused-ring (bicyclic) bond motifs is 1. The number of aromatic amines is 1. The number of nitrogens with one attached hydrogen (secondary N) is 2. The van der Waals surface area contributed by atoms with Crippen LogP contribution in [0, 0.1) is 6.92 Å². The summed E-state index contributed by atoms with van der Waals surface area (Å²) < 4.78 is 6.07. The number of anilines is 1. The van der Waals surface area contributed by atoms with Gasteiger partial charge in [0.25, 0.3) is 0 Å². The van der Waals surface area contributed by atoms with Crippen LogP contribution in [0.3, 0.4) is 0 Å². The third-order valence-corrected chi connectivity index (χ3v) is 6.03. The quantitative estimate of drug-likeness (QED) is 0.304. The molecule has 0 spiro atoms. The minimum Gasteiger partial charge on any atom is -0.436 e. The highest BCUT2D eigenvalue weighted by Crippen LogP contribution is 2.34. The lowest BCUT2D eigenvalue weighted by Gasteiger charge is -2.18. The van der Waals surface area contributed by atoms with Gasteiger partial charge in [0.05, 0.1) is 12.0 Å². The summed E-state index contributed by atoms with van der Waals surface area (Å²) in [5.41, 5.74) is 7.96. The molecule has 6 nitrogen and oxygen atoms in total. The van der Waals surface area contributed by atoms with E-state index in [0.29, 0.717) is 23.7 Å². The molecular weight excluding hydrogens is 436 g/mol. The summed E-state index contributed by atoms with van der Waals surface area (Å²) in [5, 5.41) is 10.4. The van der Waals surface area contributed by atoms with E-state index in [1.807, 2.05) is 61.5 Å². The van der Waals surface area contributed by atoms with Gasteiger partial charge < -0.3 is 9.73 Å². The minimum absolute atomic E-state index is 0.0262. The number of benzene rings is 3. The first-order chi connectivity index (χ1) is 16.8. The van der Waals surface area contributed by atoms with Gasteiger partial charge in [-0.3, -0.25) is 9.89 Å². The van der Waals surface area contributed by atoms with Gasteiger partial charge in [0, 0.05) is 17.4 Å². The van der Waals surface area contributed by atoms with Crippen LogP contribution in [0.5, 0.6) is 0 Å². The van der Waals surface area contributed by atoms with Gasteiger partial charge in [0.15, 0.2) is 5.58 Å². The van der Waals surface area contributed by atoms with Gasteiger partial charge in [-0.1, -0.05) is 68.8 Å². The zero-order chi connectivity index (χ0) is 24.6. The van der Waals surface area contributed by atoms with E-state index in [-0.39, 0.29) is 11.3 Å². The number of carbonyl (C=O) groups excluding carboxylic acids is 1. The molecule has 2 aromatic heterocycles. The molecule has 0 fully saturated rings. The molecule has 0 atom stereocenters. The molecule has 6 heteroatoms. The van der Waals surface area contributed by atoms with Crippen LogP contribution >= 0.6 is 0 Å². The smallest absolute Gasteiger partial charge is 0.231 e. The molecule has 0 aliphatic rings. The van der Waals surface area contributed by atoms with Crippen molar-refractivity contribution >= 4 is 22.7 Å². The van der Waals surface area contributed by atoms with Crippen LogP contribution in [0.4, 0.5) is 5.69 Å². The highest BCUT2D eigenvalue weighted by atomic mass is 16.3. The van der Waals surface area contributed by atoms with Crippen molar-refractivity contribution in [2.75, 3.05) is 5.32 Å². The van der Waals surface area contributed by atoms with E-state index >= 15 is 0 Å². The van der Waals surface area contributed by atoms with Gasteiger partial charge in [0.2, 0.25) is 11.8 Å². The number of oxazole rings is 1. The fraction of sp³-hybridized carbons (Fsp3) is 0.207. The second-order valence-electron chi connectivity index (χ2n) is 9.89. The van der Waals surface area contributed by atoms with E-state index in [1.54, 1.807) is 6.20 Å². The van der Waals surface area contributed by atoms with Gasteiger partial charge in [-0.2, -0.15) is 5.10 Å². The standard InChI is InChI=1S/C29H28N4O2/c1-18-8-10-19(11-9-18)14-26(34)31-22-7-5-6-20(15-22)27-23(17-30-33-27)28-32-24-16-21(29(2,3)4)12-13-25(24)35-28/h5-13,15-17H,14H2,1-4H3,(H,30,33)(H,31,34). The van der Waals surface area contributed by atoms with Crippen molar-refractivity contribution in [3.63, 3.8) is 0 Å². The summed E-state index contributed by atoms with van der Waals surface area (Å²) in [6.45, 7) is 8.56. The Morgan fingerprint density at radius 2 is 1.83 bits per heavy atom. The Morgan fingerprint density at radius 3 is 2.60 bits per heavy atom. The van der Waals surface area contributed by atoms with Crippen LogP contribution in [-0.4, -0.2) is 21.1 Å². The zero-order valence-electron chi connectivity index (χ0n) is 20.3. The van der Waals surface area contributed by atoms with Crippen molar-refractivity contribution in [3.8, 4) is 22.7 Å². The Morgan fingerprint density at radius 1 is 1.03 bits per heavy atom. The zero-order valence-corrected chi connectivity index (χ0v) is 20.3. The third kappa shape index (κ3) is 4.87. The van der Waals surface area contributed by atoms with Gasteiger partial charge in [0.1, 0.15) is 11.2 Å². The van der Waals surface area contributed by atoms with Crippen molar-refractivity contribution in [2.45, 2.75) is 39.5 Å². The molecule has 1 amide bonds. The fourth-order valence-electron chi connectivity index (χ4n) is 4.02. The van der Waals surface area contributed by atoms with Gasteiger partial charge in [-0.25, -0.2) is 4.98 Å². The predicted octanol–water partition coefficient (Wildman–Crippen LogP) is 6.67. The summed E-state index contributed by atoms with van der Waals surface area (Å²) in [7, 11) is 0. The molecule has 0 bridgehead atoms. The molecule has 176 valence electrons. The second kappa shape index (κ2) is 8.87. The summed E-state index contributed by atoms with van der Waals surface area (Å²) in [6.07, 6.45) is 2.10. The number of aryl methyl sites for hydroxylation is 1. The molecule has 35 heavy (non-hydrogen) atoms. The monoisotopic (exact) mass is 464 g/mol.